The Balaban J connectivity index is -0.000000125. The summed E-state index contributed by atoms with van der Waals surface area (Å²) >= 11 is 0. The minimum atomic E-state index is -1.11. The topological polar surface area (TPSA) is 132 Å². The van der Waals surface area contributed by atoms with E-state index in [9.17, 15) is 9.18 Å². The second kappa shape index (κ2) is 10.1. The summed E-state index contributed by atoms with van der Waals surface area (Å²) in [6.07, 6.45) is 0. The molecule has 0 aliphatic carbocycles. The minimum absolute atomic E-state index is 0. The molecule has 0 unspecified atom stereocenters. The van der Waals surface area contributed by atoms with Gasteiger partial charge in [0, 0.05) is 17.1 Å². The number of carboxylic acid groups (broad SMARTS) is 1. The zero-order valence-electron chi connectivity index (χ0n) is 6.84. The van der Waals surface area contributed by atoms with Gasteiger partial charge in [-0.2, -0.15) is 0 Å². The number of benzene rings is 1. The molecule has 14 heavy (non-hydrogen) atoms. The third-order valence-electron chi connectivity index (χ3n) is 1.07. The molecule has 0 aliphatic rings. The van der Waals surface area contributed by atoms with Gasteiger partial charge in [-0.05, 0) is 18.2 Å². The Hall–Kier alpha value is -0.981. The van der Waals surface area contributed by atoms with Crippen LogP contribution in [-0.2, 0) is 17.1 Å². The fourth-order valence-corrected chi connectivity index (χ4v) is 0.622. The van der Waals surface area contributed by atoms with Crippen molar-refractivity contribution in [2.24, 2.45) is 0 Å². The Labute approximate surface area is 90.0 Å². The first kappa shape index (κ1) is 23.1. The number of rotatable bonds is 1. The van der Waals surface area contributed by atoms with Crippen molar-refractivity contribution in [1.82, 2.24) is 0 Å². The second-order valence-corrected chi connectivity index (χ2v) is 1.82. The molecule has 0 bridgehead atoms. The predicted molar refractivity (Wildman–Crippen MR) is 44.2 cm³/mol. The van der Waals surface area contributed by atoms with Crippen molar-refractivity contribution in [2.45, 2.75) is 0 Å². The average molecular weight is 258 g/mol. The summed E-state index contributed by atoms with van der Waals surface area (Å²) in [4.78, 5) is 10.2. The van der Waals surface area contributed by atoms with Crippen molar-refractivity contribution in [3.63, 3.8) is 0 Å². The Morgan fingerprint density at radius 1 is 1.21 bits per heavy atom. The van der Waals surface area contributed by atoms with E-state index in [1.165, 1.54) is 18.2 Å². The summed E-state index contributed by atoms with van der Waals surface area (Å²) < 4.78 is 12.3. The van der Waals surface area contributed by atoms with E-state index in [2.05, 4.69) is 0 Å². The Morgan fingerprint density at radius 3 is 2.00 bits per heavy atom. The molecule has 0 spiro atoms. The van der Waals surface area contributed by atoms with Crippen molar-refractivity contribution >= 4 is 5.97 Å². The van der Waals surface area contributed by atoms with E-state index in [0.29, 0.717) is 0 Å². The van der Waals surface area contributed by atoms with Crippen LogP contribution in [0.15, 0.2) is 24.3 Å². The van der Waals surface area contributed by atoms with E-state index in [1.807, 2.05) is 0 Å². The van der Waals surface area contributed by atoms with E-state index in [-0.39, 0.29) is 39.1 Å². The number of carboxylic acids is 1. The SMILES string of the molecule is O.O.O.O=C(O)c1cccc(F)c1.[Cu]. The maximum absolute atomic E-state index is 12.3. The summed E-state index contributed by atoms with van der Waals surface area (Å²) in [7, 11) is 0. The van der Waals surface area contributed by atoms with Crippen molar-refractivity contribution < 1.29 is 47.8 Å². The predicted octanol–water partition coefficient (Wildman–Crippen LogP) is -0.953. The molecule has 7 heteroatoms. The Morgan fingerprint density at radius 2 is 1.71 bits per heavy atom. The molecule has 0 heterocycles. The first-order chi connectivity index (χ1) is 4.70. The van der Waals surface area contributed by atoms with Crippen LogP contribution in [0.25, 0.3) is 0 Å². The molecule has 87 valence electrons. The first-order valence-electron chi connectivity index (χ1n) is 2.69. The summed E-state index contributed by atoms with van der Waals surface area (Å²) in [6.45, 7) is 0. The molecule has 0 aromatic heterocycles. The van der Waals surface area contributed by atoms with Gasteiger partial charge in [0.1, 0.15) is 5.82 Å². The van der Waals surface area contributed by atoms with Crippen LogP contribution in [0.4, 0.5) is 4.39 Å². The van der Waals surface area contributed by atoms with Gasteiger partial charge in [0.2, 0.25) is 0 Å². The van der Waals surface area contributed by atoms with Crippen LogP contribution in [0.3, 0.4) is 0 Å². The number of hydrogen-bond acceptors (Lipinski definition) is 1. The number of carbonyl (C=O) groups is 1. The quantitative estimate of drug-likeness (QED) is 0.650. The molecule has 1 aromatic rings. The zero-order chi connectivity index (χ0) is 7.56. The monoisotopic (exact) mass is 257 g/mol. The average Bonchev–Trinajstić information content (AvgIpc) is 1.88. The summed E-state index contributed by atoms with van der Waals surface area (Å²) in [5, 5.41) is 8.34. The van der Waals surface area contributed by atoms with E-state index < -0.39 is 11.8 Å². The van der Waals surface area contributed by atoms with Gasteiger partial charge < -0.3 is 21.5 Å². The third-order valence-corrected chi connectivity index (χ3v) is 1.07. The second-order valence-electron chi connectivity index (χ2n) is 1.82. The van der Waals surface area contributed by atoms with E-state index in [0.717, 1.165) is 6.07 Å². The molecule has 1 aromatic carbocycles. The number of aromatic carboxylic acids is 1. The van der Waals surface area contributed by atoms with Gasteiger partial charge in [0.05, 0.1) is 5.56 Å². The maximum atomic E-state index is 12.3. The Kier molecular flexibility index (Phi) is 16.7. The molecule has 7 N–H and O–H groups in total. The van der Waals surface area contributed by atoms with Gasteiger partial charge in [-0.3, -0.25) is 0 Å². The van der Waals surface area contributed by atoms with Gasteiger partial charge in [-0.1, -0.05) is 6.07 Å². The van der Waals surface area contributed by atoms with Crippen molar-refractivity contribution in [1.29, 1.82) is 0 Å². The summed E-state index contributed by atoms with van der Waals surface area (Å²) in [5.41, 5.74) is -0.0278. The van der Waals surface area contributed by atoms with Gasteiger partial charge in [-0.15, -0.1) is 0 Å². The van der Waals surface area contributed by atoms with Crippen LogP contribution in [0, 0.1) is 5.82 Å². The maximum Gasteiger partial charge on any atom is 0.335 e. The van der Waals surface area contributed by atoms with Crippen molar-refractivity contribution in [3.8, 4) is 0 Å². The fourth-order valence-electron chi connectivity index (χ4n) is 0.622. The van der Waals surface area contributed by atoms with E-state index >= 15 is 0 Å². The minimum Gasteiger partial charge on any atom is -0.478 e. The molecule has 0 saturated heterocycles. The molecule has 0 aliphatic heterocycles. The smallest absolute Gasteiger partial charge is 0.335 e. The molecule has 0 saturated carbocycles. The summed E-state index contributed by atoms with van der Waals surface area (Å²) in [5.74, 6) is -1.64. The van der Waals surface area contributed by atoms with Crippen LogP contribution in [-0.4, -0.2) is 27.5 Å². The Bertz CT molecular complexity index is 268. The van der Waals surface area contributed by atoms with Gasteiger partial charge in [0.25, 0.3) is 0 Å². The molecular weight excluding hydrogens is 247 g/mol. The summed E-state index contributed by atoms with van der Waals surface area (Å²) in [6, 6.07) is 4.87. The van der Waals surface area contributed by atoms with Gasteiger partial charge in [0.15, 0.2) is 0 Å². The standard InChI is InChI=1S/C7H5FO2.Cu.3H2O/c8-6-3-1-2-5(4-6)7(9)10;;;;/h1-4H,(H,9,10);;3*1H2. The van der Waals surface area contributed by atoms with Crippen molar-refractivity contribution in [2.75, 3.05) is 0 Å². The van der Waals surface area contributed by atoms with Crippen LogP contribution < -0.4 is 0 Å². The third kappa shape index (κ3) is 6.53. The van der Waals surface area contributed by atoms with Crippen molar-refractivity contribution in [3.05, 3.63) is 35.6 Å². The molecule has 1 radical (unpaired) electrons. The van der Waals surface area contributed by atoms with E-state index in [1.54, 1.807) is 0 Å². The van der Waals surface area contributed by atoms with Crippen LogP contribution in [0.2, 0.25) is 0 Å². The molecule has 0 atom stereocenters. The molecule has 0 fully saturated rings. The molecular formula is C7H11CuFO5. The fraction of sp³-hybridized carbons (Fsp3) is 0. The molecule has 5 nitrogen and oxygen atoms in total. The van der Waals surface area contributed by atoms with Crippen LogP contribution >= 0.6 is 0 Å². The largest absolute Gasteiger partial charge is 0.478 e. The normalized spacial score (nSPS) is 6.64. The number of hydrogen-bond donors (Lipinski definition) is 1. The first-order valence-corrected chi connectivity index (χ1v) is 2.69. The van der Waals surface area contributed by atoms with Gasteiger partial charge >= 0.3 is 5.97 Å². The zero-order valence-corrected chi connectivity index (χ0v) is 7.79. The van der Waals surface area contributed by atoms with Crippen LogP contribution in [0.5, 0.6) is 0 Å². The number of halogens is 1. The van der Waals surface area contributed by atoms with Crippen LogP contribution in [0.1, 0.15) is 10.4 Å². The molecule has 1 rings (SSSR count). The van der Waals surface area contributed by atoms with E-state index in [4.69, 9.17) is 5.11 Å². The van der Waals surface area contributed by atoms with Gasteiger partial charge in [-0.25, -0.2) is 9.18 Å². The molecule has 0 amide bonds.